The average molecular weight is 129 g/mol. The highest BCUT2D eigenvalue weighted by Crippen LogP contribution is 2.08. The molecule has 1 saturated heterocycles. The van der Waals surface area contributed by atoms with E-state index in [0.717, 1.165) is 13.0 Å². The van der Waals surface area contributed by atoms with Gasteiger partial charge in [-0.25, -0.2) is 4.79 Å². The SMILES string of the molecule is CC1CCN(C)C(=O)O1. The maximum absolute atomic E-state index is 10.7. The standard InChI is InChI=1S/C6H11NO2/c1-5-3-4-7(2)6(8)9-5/h5H,3-4H2,1-2H3. The summed E-state index contributed by atoms with van der Waals surface area (Å²) in [5, 5.41) is 0. The van der Waals surface area contributed by atoms with Gasteiger partial charge >= 0.3 is 6.09 Å². The topological polar surface area (TPSA) is 29.5 Å². The Kier molecular flexibility index (Phi) is 1.60. The summed E-state index contributed by atoms with van der Waals surface area (Å²) in [6.07, 6.45) is 0.852. The van der Waals surface area contributed by atoms with E-state index in [-0.39, 0.29) is 12.2 Å². The normalized spacial score (nSPS) is 28.0. The van der Waals surface area contributed by atoms with Gasteiger partial charge in [0.15, 0.2) is 0 Å². The van der Waals surface area contributed by atoms with Crippen molar-refractivity contribution >= 4 is 6.09 Å². The van der Waals surface area contributed by atoms with Crippen molar-refractivity contribution < 1.29 is 9.53 Å². The molecule has 0 aromatic heterocycles. The number of hydrogen-bond donors (Lipinski definition) is 0. The fourth-order valence-electron chi connectivity index (χ4n) is 0.788. The summed E-state index contributed by atoms with van der Waals surface area (Å²) in [5.41, 5.74) is 0. The highest BCUT2D eigenvalue weighted by molar-refractivity contribution is 5.68. The van der Waals surface area contributed by atoms with Gasteiger partial charge in [0.25, 0.3) is 0 Å². The second kappa shape index (κ2) is 2.25. The summed E-state index contributed by atoms with van der Waals surface area (Å²) in [5.74, 6) is 0. The molecule has 0 aromatic carbocycles. The number of hydrogen-bond acceptors (Lipinski definition) is 2. The molecule has 0 bridgehead atoms. The number of ether oxygens (including phenoxy) is 1. The molecular formula is C6H11NO2. The van der Waals surface area contributed by atoms with Gasteiger partial charge < -0.3 is 9.64 Å². The minimum atomic E-state index is -0.200. The van der Waals surface area contributed by atoms with Crippen molar-refractivity contribution in [2.75, 3.05) is 13.6 Å². The smallest absolute Gasteiger partial charge is 0.409 e. The van der Waals surface area contributed by atoms with Crippen LogP contribution in [0.15, 0.2) is 0 Å². The first kappa shape index (κ1) is 6.39. The fourth-order valence-corrected chi connectivity index (χ4v) is 0.788. The summed E-state index contributed by atoms with van der Waals surface area (Å²) in [6, 6.07) is 0. The van der Waals surface area contributed by atoms with Gasteiger partial charge in [-0.15, -0.1) is 0 Å². The first-order chi connectivity index (χ1) is 4.20. The van der Waals surface area contributed by atoms with E-state index in [2.05, 4.69) is 0 Å². The number of carbonyl (C=O) groups excluding carboxylic acids is 1. The van der Waals surface area contributed by atoms with Crippen LogP contribution in [0.5, 0.6) is 0 Å². The van der Waals surface area contributed by atoms with E-state index in [1.165, 1.54) is 0 Å². The van der Waals surface area contributed by atoms with Crippen LogP contribution in [0.1, 0.15) is 13.3 Å². The van der Waals surface area contributed by atoms with Crippen LogP contribution in [0.3, 0.4) is 0 Å². The molecule has 9 heavy (non-hydrogen) atoms. The Hall–Kier alpha value is -0.730. The Morgan fingerprint density at radius 1 is 1.78 bits per heavy atom. The van der Waals surface area contributed by atoms with Crippen molar-refractivity contribution in [3.63, 3.8) is 0 Å². The lowest BCUT2D eigenvalue weighted by atomic mass is 10.2. The Labute approximate surface area is 54.6 Å². The van der Waals surface area contributed by atoms with Gasteiger partial charge in [-0.3, -0.25) is 0 Å². The van der Waals surface area contributed by atoms with Crippen molar-refractivity contribution in [1.82, 2.24) is 4.90 Å². The zero-order valence-corrected chi connectivity index (χ0v) is 5.76. The molecule has 1 unspecified atom stereocenters. The molecular weight excluding hydrogens is 118 g/mol. The minimum Gasteiger partial charge on any atom is -0.446 e. The highest BCUT2D eigenvalue weighted by Gasteiger charge is 2.19. The van der Waals surface area contributed by atoms with E-state index in [4.69, 9.17) is 4.74 Å². The van der Waals surface area contributed by atoms with Crippen LogP contribution in [-0.2, 0) is 4.74 Å². The second-order valence-corrected chi connectivity index (χ2v) is 2.40. The van der Waals surface area contributed by atoms with Crippen LogP contribution in [-0.4, -0.2) is 30.7 Å². The molecule has 1 fully saturated rings. The maximum atomic E-state index is 10.7. The van der Waals surface area contributed by atoms with Gasteiger partial charge in [-0.05, 0) is 6.92 Å². The van der Waals surface area contributed by atoms with Gasteiger partial charge in [0.2, 0.25) is 0 Å². The van der Waals surface area contributed by atoms with Crippen molar-refractivity contribution in [1.29, 1.82) is 0 Å². The lowest BCUT2D eigenvalue weighted by Gasteiger charge is -2.26. The Morgan fingerprint density at radius 3 is 2.89 bits per heavy atom. The fraction of sp³-hybridized carbons (Fsp3) is 0.833. The number of rotatable bonds is 0. The van der Waals surface area contributed by atoms with Gasteiger partial charge in [0.1, 0.15) is 6.10 Å². The summed E-state index contributed by atoms with van der Waals surface area (Å²) < 4.78 is 4.89. The average Bonchev–Trinajstić information content (AvgIpc) is 1.80. The van der Waals surface area contributed by atoms with Gasteiger partial charge in [0.05, 0.1) is 0 Å². The van der Waals surface area contributed by atoms with Crippen LogP contribution < -0.4 is 0 Å². The van der Waals surface area contributed by atoms with Gasteiger partial charge in [-0.1, -0.05) is 0 Å². The molecule has 52 valence electrons. The predicted octanol–water partition coefficient (Wildman–Crippen LogP) is 0.847. The van der Waals surface area contributed by atoms with E-state index >= 15 is 0 Å². The summed E-state index contributed by atoms with van der Waals surface area (Å²) in [6.45, 7) is 2.73. The van der Waals surface area contributed by atoms with Crippen molar-refractivity contribution in [2.45, 2.75) is 19.4 Å². The lowest BCUT2D eigenvalue weighted by molar-refractivity contribution is 0.0418. The number of cyclic esters (lactones) is 1. The monoisotopic (exact) mass is 129 g/mol. The van der Waals surface area contributed by atoms with E-state index in [9.17, 15) is 4.79 Å². The quantitative estimate of drug-likeness (QED) is 0.485. The lowest BCUT2D eigenvalue weighted by Crippen LogP contribution is -2.37. The van der Waals surface area contributed by atoms with Crippen molar-refractivity contribution in [2.24, 2.45) is 0 Å². The Morgan fingerprint density at radius 2 is 2.44 bits per heavy atom. The molecule has 0 spiro atoms. The molecule has 1 heterocycles. The predicted molar refractivity (Wildman–Crippen MR) is 33.2 cm³/mol. The third kappa shape index (κ3) is 1.34. The summed E-state index contributed by atoms with van der Waals surface area (Å²) in [4.78, 5) is 12.3. The van der Waals surface area contributed by atoms with Gasteiger partial charge in [-0.2, -0.15) is 0 Å². The van der Waals surface area contributed by atoms with Crippen LogP contribution in [0, 0.1) is 0 Å². The molecule has 0 aromatic rings. The molecule has 1 aliphatic heterocycles. The second-order valence-electron chi connectivity index (χ2n) is 2.40. The largest absolute Gasteiger partial charge is 0.446 e. The van der Waals surface area contributed by atoms with E-state index in [1.54, 1.807) is 11.9 Å². The Bertz CT molecular complexity index is 124. The molecule has 3 heteroatoms. The van der Waals surface area contributed by atoms with Crippen molar-refractivity contribution in [3.05, 3.63) is 0 Å². The molecule has 1 atom stereocenters. The molecule has 0 saturated carbocycles. The zero-order valence-electron chi connectivity index (χ0n) is 5.76. The van der Waals surface area contributed by atoms with Crippen LogP contribution >= 0.6 is 0 Å². The molecule has 1 rings (SSSR count). The van der Waals surface area contributed by atoms with Gasteiger partial charge in [0, 0.05) is 20.0 Å². The number of amides is 1. The first-order valence-electron chi connectivity index (χ1n) is 3.12. The van der Waals surface area contributed by atoms with Crippen molar-refractivity contribution in [3.8, 4) is 0 Å². The number of carbonyl (C=O) groups is 1. The highest BCUT2D eigenvalue weighted by atomic mass is 16.6. The molecule has 3 nitrogen and oxygen atoms in total. The van der Waals surface area contributed by atoms with E-state index in [1.807, 2.05) is 6.92 Å². The third-order valence-corrected chi connectivity index (χ3v) is 1.48. The first-order valence-corrected chi connectivity index (χ1v) is 3.12. The molecule has 1 aliphatic rings. The summed E-state index contributed by atoms with van der Waals surface area (Å²) >= 11 is 0. The minimum absolute atomic E-state index is 0.105. The molecule has 0 radical (unpaired) electrons. The molecule has 0 N–H and O–H groups in total. The van der Waals surface area contributed by atoms with Crippen LogP contribution in [0.2, 0.25) is 0 Å². The van der Waals surface area contributed by atoms with E-state index in [0.29, 0.717) is 0 Å². The molecule has 1 amide bonds. The molecule has 0 aliphatic carbocycles. The summed E-state index contributed by atoms with van der Waals surface area (Å²) in [7, 11) is 1.74. The maximum Gasteiger partial charge on any atom is 0.409 e. The zero-order chi connectivity index (χ0) is 6.85. The third-order valence-electron chi connectivity index (χ3n) is 1.48. The van der Waals surface area contributed by atoms with Crippen LogP contribution in [0.4, 0.5) is 4.79 Å². The van der Waals surface area contributed by atoms with Crippen LogP contribution in [0.25, 0.3) is 0 Å². The van der Waals surface area contributed by atoms with E-state index < -0.39 is 0 Å². The number of nitrogens with zero attached hydrogens (tertiary/aromatic N) is 1. The Balaban J connectivity index is 2.44.